The van der Waals surface area contributed by atoms with Crippen molar-refractivity contribution in [1.29, 1.82) is 0 Å². The molecule has 4 heteroatoms. The normalized spacial score (nSPS) is 29.3. The number of anilines is 2. The molecule has 3 nitrogen and oxygen atoms in total. The van der Waals surface area contributed by atoms with Gasteiger partial charge in [-0.15, -0.1) is 0 Å². The van der Waals surface area contributed by atoms with Crippen molar-refractivity contribution in [2.45, 2.75) is 31.9 Å². The summed E-state index contributed by atoms with van der Waals surface area (Å²) in [6.45, 7) is 5.00. The minimum Gasteiger partial charge on any atom is -0.396 e. The highest BCUT2D eigenvalue weighted by atomic mass is 35.5. The van der Waals surface area contributed by atoms with Crippen molar-refractivity contribution in [3.05, 3.63) is 23.2 Å². The van der Waals surface area contributed by atoms with E-state index < -0.39 is 0 Å². The Labute approximate surface area is 101 Å². The van der Waals surface area contributed by atoms with Gasteiger partial charge in [0.1, 0.15) is 0 Å². The van der Waals surface area contributed by atoms with Gasteiger partial charge < -0.3 is 15.8 Å². The number of nitrogen functional groups attached to an aromatic ring is 1. The van der Waals surface area contributed by atoms with Crippen molar-refractivity contribution >= 4 is 23.0 Å². The highest BCUT2D eigenvalue weighted by Gasteiger charge is 2.37. The number of halogens is 1. The van der Waals surface area contributed by atoms with Gasteiger partial charge in [0.15, 0.2) is 0 Å². The van der Waals surface area contributed by atoms with Gasteiger partial charge in [0, 0.05) is 6.61 Å². The second-order valence-corrected chi connectivity index (χ2v) is 4.91. The Balaban J connectivity index is 2.24. The van der Waals surface area contributed by atoms with Crippen LogP contribution in [0.5, 0.6) is 0 Å². The fourth-order valence-electron chi connectivity index (χ4n) is 1.95. The molecule has 2 unspecified atom stereocenters. The molecule has 0 spiro atoms. The van der Waals surface area contributed by atoms with Crippen LogP contribution in [0.3, 0.4) is 0 Å². The van der Waals surface area contributed by atoms with E-state index in [1.54, 1.807) is 6.07 Å². The topological polar surface area (TPSA) is 47.3 Å². The van der Waals surface area contributed by atoms with E-state index >= 15 is 0 Å². The Morgan fingerprint density at radius 3 is 2.94 bits per heavy atom. The lowest BCUT2D eigenvalue weighted by molar-refractivity contribution is 0.105. The number of para-hydroxylation sites is 1. The summed E-state index contributed by atoms with van der Waals surface area (Å²) < 4.78 is 5.57. The highest BCUT2D eigenvalue weighted by Crippen LogP contribution is 2.34. The molecule has 0 aliphatic carbocycles. The lowest BCUT2D eigenvalue weighted by Crippen LogP contribution is -2.41. The molecule has 16 heavy (non-hydrogen) atoms. The van der Waals surface area contributed by atoms with E-state index in [9.17, 15) is 0 Å². The molecule has 1 heterocycles. The number of rotatable bonds is 2. The molecule has 1 saturated heterocycles. The first-order chi connectivity index (χ1) is 7.53. The van der Waals surface area contributed by atoms with Crippen molar-refractivity contribution in [1.82, 2.24) is 0 Å². The number of hydrogen-bond acceptors (Lipinski definition) is 3. The lowest BCUT2D eigenvalue weighted by Gasteiger charge is -2.30. The third kappa shape index (κ3) is 1.97. The van der Waals surface area contributed by atoms with Crippen LogP contribution in [0.2, 0.25) is 5.02 Å². The molecule has 0 aromatic heterocycles. The van der Waals surface area contributed by atoms with Gasteiger partial charge in [-0.25, -0.2) is 0 Å². The molecule has 1 aromatic carbocycles. The van der Waals surface area contributed by atoms with Gasteiger partial charge in [0.25, 0.3) is 0 Å². The number of benzene rings is 1. The number of ether oxygens (including phenoxy) is 1. The Bertz CT molecular complexity index is 397. The third-order valence-electron chi connectivity index (χ3n) is 3.36. The summed E-state index contributed by atoms with van der Waals surface area (Å²) in [5, 5.41) is 4.03. The molecule has 0 bridgehead atoms. The monoisotopic (exact) mass is 240 g/mol. The summed E-state index contributed by atoms with van der Waals surface area (Å²) in [7, 11) is 0. The lowest BCUT2D eigenvalue weighted by atomic mass is 9.94. The van der Waals surface area contributed by atoms with E-state index in [4.69, 9.17) is 22.1 Å². The van der Waals surface area contributed by atoms with Crippen molar-refractivity contribution in [3.63, 3.8) is 0 Å². The van der Waals surface area contributed by atoms with Crippen molar-refractivity contribution < 1.29 is 4.74 Å². The van der Waals surface area contributed by atoms with E-state index in [1.807, 2.05) is 12.1 Å². The summed E-state index contributed by atoms with van der Waals surface area (Å²) >= 11 is 5.98. The van der Waals surface area contributed by atoms with Crippen LogP contribution in [-0.2, 0) is 4.74 Å². The predicted octanol–water partition coefficient (Wildman–Crippen LogP) is 2.90. The van der Waals surface area contributed by atoms with E-state index in [0.717, 1.165) is 18.7 Å². The van der Waals surface area contributed by atoms with Crippen molar-refractivity contribution in [2.24, 2.45) is 0 Å². The summed E-state index contributed by atoms with van der Waals surface area (Å²) in [5.41, 5.74) is 7.34. The van der Waals surface area contributed by atoms with Crippen LogP contribution in [0.15, 0.2) is 18.2 Å². The summed E-state index contributed by atoms with van der Waals surface area (Å²) in [6.07, 6.45) is 1.14. The summed E-state index contributed by atoms with van der Waals surface area (Å²) in [4.78, 5) is 0. The minimum atomic E-state index is -0.0706. The average Bonchev–Trinajstić information content (AvgIpc) is 2.55. The van der Waals surface area contributed by atoms with Gasteiger partial charge in [-0.3, -0.25) is 0 Å². The Morgan fingerprint density at radius 1 is 1.56 bits per heavy atom. The first kappa shape index (κ1) is 11.6. The largest absolute Gasteiger partial charge is 0.396 e. The molecule has 1 aromatic rings. The fraction of sp³-hybridized carbons (Fsp3) is 0.500. The Hall–Kier alpha value is -0.930. The molecule has 3 N–H and O–H groups in total. The SMILES string of the molecule is CC1OCCC1(C)Nc1cccc(Cl)c1N. The molecule has 1 aliphatic rings. The molecule has 0 saturated carbocycles. The molecular formula is C12H17ClN2O. The highest BCUT2D eigenvalue weighted by molar-refractivity contribution is 6.33. The molecule has 1 fully saturated rings. The Morgan fingerprint density at radius 2 is 2.31 bits per heavy atom. The van der Waals surface area contributed by atoms with Gasteiger partial charge in [0.05, 0.1) is 28.0 Å². The number of nitrogens with two attached hydrogens (primary N) is 1. The van der Waals surface area contributed by atoms with Crippen LogP contribution >= 0.6 is 11.6 Å². The number of hydrogen-bond donors (Lipinski definition) is 2. The standard InChI is InChI=1S/C12H17ClN2O/c1-8-12(2,6-7-16-8)15-10-5-3-4-9(13)11(10)14/h3-5,8,15H,6-7,14H2,1-2H3. The third-order valence-corrected chi connectivity index (χ3v) is 3.69. The average molecular weight is 241 g/mol. The van der Waals surface area contributed by atoms with Gasteiger partial charge in [0.2, 0.25) is 0 Å². The zero-order valence-electron chi connectivity index (χ0n) is 9.59. The van der Waals surface area contributed by atoms with Gasteiger partial charge in [-0.2, -0.15) is 0 Å². The second kappa shape index (κ2) is 4.15. The molecule has 2 rings (SSSR count). The van der Waals surface area contributed by atoms with Crippen molar-refractivity contribution in [2.75, 3.05) is 17.7 Å². The molecule has 0 radical (unpaired) electrons. The van der Waals surface area contributed by atoms with Gasteiger partial charge in [-0.05, 0) is 32.4 Å². The molecular weight excluding hydrogens is 224 g/mol. The summed E-state index contributed by atoms with van der Waals surface area (Å²) in [5.74, 6) is 0. The van der Waals surface area contributed by atoms with E-state index in [1.165, 1.54) is 0 Å². The molecule has 0 amide bonds. The Kier molecular flexibility index (Phi) is 3.00. The second-order valence-electron chi connectivity index (χ2n) is 4.51. The summed E-state index contributed by atoms with van der Waals surface area (Å²) in [6, 6.07) is 5.63. The predicted molar refractivity (Wildman–Crippen MR) is 67.9 cm³/mol. The first-order valence-corrected chi connectivity index (χ1v) is 5.84. The van der Waals surface area contributed by atoms with Crippen LogP contribution in [0.4, 0.5) is 11.4 Å². The number of nitrogens with one attached hydrogen (secondary N) is 1. The van der Waals surface area contributed by atoms with E-state index in [2.05, 4.69) is 19.2 Å². The van der Waals surface area contributed by atoms with Gasteiger partial charge in [-0.1, -0.05) is 17.7 Å². The zero-order chi connectivity index (χ0) is 11.8. The van der Waals surface area contributed by atoms with Crippen LogP contribution in [0.1, 0.15) is 20.3 Å². The van der Waals surface area contributed by atoms with Crippen LogP contribution in [0.25, 0.3) is 0 Å². The maximum absolute atomic E-state index is 5.98. The molecule has 2 atom stereocenters. The first-order valence-electron chi connectivity index (χ1n) is 5.47. The smallest absolute Gasteiger partial charge is 0.0774 e. The quantitative estimate of drug-likeness (QED) is 0.782. The maximum atomic E-state index is 5.98. The fourth-order valence-corrected chi connectivity index (χ4v) is 2.13. The van der Waals surface area contributed by atoms with E-state index in [-0.39, 0.29) is 11.6 Å². The maximum Gasteiger partial charge on any atom is 0.0774 e. The van der Waals surface area contributed by atoms with Crippen molar-refractivity contribution in [3.8, 4) is 0 Å². The van der Waals surface area contributed by atoms with Crippen LogP contribution in [0, 0.1) is 0 Å². The van der Waals surface area contributed by atoms with E-state index in [0.29, 0.717) is 10.7 Å². The molecule has 88 valence electrons. The van der Waals surface area contributed by atoms with Crippen LogP contribution < -0.4 is 11.1 Å². The van der Waals surface area contributed by atoms with Gasteiger partial charge >= 0.3 is 0 Å². The van der Waals surface area contributed by atoms with Crippen LogP contribution in [-0.4, -0.2) is 18.2 Å². The minimum absolute atomic E-state index is 0.0706. The zero-order valence-corrected chi connectivity index (χ0v) is 10.3. The molecule has 1 aliphatic heterocycles.